The molecule has 0 unspecified atom stereocenters. The van der Waals surface area contributed by atoms with Gasteiger partial charge in [0.1, 0.15) is 11.2 Å². The van der Waals surface area contributed by atoms with Crippen molar-refractivity contribution in [2.24, 2.45) is 4.99 Å². The molecule has 2 aromatic carbocycles. The van der Waals surface area contributed by atoms with E-state index in [4.69, 9.17) is 4.74 Å². The van der Waals surface area contributed by atoms with E-state index in [1.165, 1.54) is 16.6 Å². The van der Waals surface area contributed by atoms with Crippen LogP contribution in [-0.2, 0) is 6.54 Å². The topological polar surface area (TPSA) is 81.0 Å². The van der Waals surface area contributed by atoms with Gasteiger partial charge in [0.2, 0.25) is 0 Å². The van der Waals surface area contributed by atoms with E-state index in [9.17, 15) is 14.4 Å². The summed E-state index contributed by atoms with van der Waals surface area (Å²) in [5, 5.41) is 0. The molecule has 0 spiro atoms. The van der Waals surface area contributed by atoms with Gasteiger partial charge in [-0.1, -0.05) is 24.3 Å². The fourth-order valence-electron chi connectivity index (χ4n) is 3.69. The van der Waals surface area contributed by atoms with Gasteiger partial charge in [-0.15, -0.1) is 0 Å². The van der Waals surface area contributed by atoms with Crippen molar-refractivity contribution in [3.05, 3.63) is 94.6 Å². The van der Waals surface area contributed by atoms with Gasteiger partial charge in [-0.3, -0.25) is 28.8 Å². The van der Waals surface area contributed by atoms with Crippen LogP contribution in [0.4, 0.5) is 0 Å². The van der Waals surface area contributed by atoms with Crippen LogP contribution in [0.3, 0.4) is 0 Å². The van der Waals surface area contributed by atoms with Gasteiger partial charge in [0.05, 0.1) is 30.3 Å². The average molecular weight is 429 g/mol. The quantitative estimate of drug-likeness (QED) is 0.583. The van der Waals surface area contributed by atoms with Crippen LogP contribution in [0.15, 0.2) is 71.9 Å². The summed E-state index contributed by atoms with van der Waals surface area (Å²) in [6.07, 6.45) is 1.65. The van der Waals surface area contributed by atoms with Gasteiger partial charge in [0.15, 0.2) is 0 Å². The molecule has 1 aromatic heterocycles. The first kappa shape index (κ1) is 21.2. The van der Waals surface area contributed by atoms with E-state index >= 15 is 0 Å². The molecule has 0 fully saturated rings. The van der Waals surface area contributed by atoms with Crippen LogP contribution in [0.1, 0.15) is 50.5 Å². The molecular formula is C25H23N3O4. The summed E-state index contributed by atoms with van der Waals surface area (Å²) >= 11 is 0. The van der Waals surface area contributed by atoms with Crippen molar-refractivity contribution in [3.8, 4) is 5.75 Å². The highest BCUT2D eigenvalue weighted by molar-refractivity contribution is 6.21. The minimum absolute atomic E-state index is 0.0125. The highest BCUT2D eigenvalue weighted by atomic mass is 16.5. The molecule has 4 rings (SSSR count). The maximum absolute atomic E-state index is 13.4. The number of fused-ring (bicyclic) bond motifs is 1. The van der Waals surface area contributed by atoms with Crippen LogP contribution in [0.25, 0.3) is 0 Å². The predicted molar refractivity (Wildman–Crippen MR) is 118 cm³/mol. The Balaban J connectivity index is 1.70. The summed E-state index contributed by atoms with van der Waals surface area (Å²) in [6.45, 7) is 3.93. The molecule has 162 valence electrons. The summed E-state index contributed by atoms with van der Waals surface area (Å²) in [5.74, 6) is -0.603. The SMILES string of the molecule is COc1ccc(CN2C(=O)c3ccccc3C2=O)cc1C(=O)n1ccccc1=NC(C)C. The first-order chi connectivity index (χ1) is 15.4. The van der Waals surface area contributed by atoms with Gasteiger partial charge in [-0.2, -0.15) is 0 Å². The zero-order chi connectivity index (χ0) is 22.8. The Kier molecular flexibility index (Phi) is 5.73. The summed E-state index contributed by atoms with van der Waals surface area (Å²) in [4.78, 5) is 44.5. The molecule has 0 atom stereocenters. The number of carbonyl (C=O) groups excluding carboxylic acids is 3. The normalized spacial score (nSPS) is 13.6. The van der Waals surface area contributed by atoms with E-state index in [0.717, 1.165) is 0 Å². The molecule has 2 heterocycles. The molecular weight excluding hydrogens is 406 g/mol. The van der Waals surface area contributed by atoms with E-state index in [1.54, 1.807) is 60.8 Å². The third kappa shape index (κ3) is 3.85. The van der Waals surface area contributed by atoms with Crippen LogP contribution < -0.4 is 10.2 Å². The van der Waals surface area contributed by atoms with Crippen molar-refractivity contribution in [1.82, 2.24) is 9.47 Å². The molecule has 0 radical (unpaired) electrons. The van der Waals surface area contributed by atoms with Gasteiger partial charge in [-0.25, -0.2) is 0 Å². The molecule has 0 N–H and O–H groups in total. The molecule has 32 heavy (non-hydrogen) atoms. The fourth-order valence-corrected chi connectivity index (χ4v) is 3.69. The largest absolute Gasteiger partial charge is 0.496 e. The maximum atomic E-state index is 13.4. The van der Waals surface area contributed by atoms with E-state index < -0.39 is 0 Å². The Hall–Kier alpha value is -4.00. The third-order valence-electron chi connectivity index (χ3n) is 5.16. The van der Waals surface area contributed by atoms with Gasteiger partial charge < -0.3 is 4.74 Å². The lowest BCUT2D eigenvalue weighted by molar-refractivity contribution is 0.0642. The van der Waals surface area contributed by atoms with Crippen molar-refractivity contribution in [3.63, 3.8) is 0 Å². The van der Waals surface area contributed by atoms with E-state index in [0.29, 0.717) is 33.5 Å². The van der Waals surface area contributed by atoms with Crippen molar-refractivity contribution < 1.29 is 19.1 Å². The van der Waals surface area contributed by atoms with Gasteiger partial charge >= 0.3 is 0 Å². The zero-order valence-electron chi connectivity index (χ0n) is 18.1. The van der Waals surface area contributed by atoms with Crippen LogP contribution >= 0.6 is 0 Å². The summed E-state index contributed by atoms with van der Waals surface area (Å²) in [6, 6.07) is 17.2. The summed E-state index contributed by atoms with van der Waals surface area (Å²) in [5.41, 5.74) is 2.27. The van der Waals surface area contributed by atoms with Crippen LogP contribution in [0.5, 0.6) is 5.75 Å². The van der Waals surface area contributed by atoms with Crippen LogP contribution in [0.2, 0.25) is 0 Å². The third-order valence-corrected chi connectivity index (χ3v) is 5.16. The molecule has 2 amide bonds. The molecule has 1 aliphatic heterocycles. The minimum atomic E-state index is -0.343. The average Bonchev–Trinajstić information content (AvgIpc) is 3.03. The monoisotopic (exact) mass is 429 g/mol. The van der Waals surface area contributed by atoms with Gasteiger partial charge in [-0.05, 0) is 55.8 Å². The Morgan fingerprint density at radius 2 is 1.62 bits per heavy atom. The lowest BCUT2D eigenvalue weighted by Crippen LogP contribution is -2.30. The lowest BCUT2D eigenvalue weighted by Gasteiger charge is -2.16. The van der Waals surface area contributed by atoms with Crippen LogP contribution in [0, 0.1) is 0 Å². The van der Waals surface area contributed by atoms with Gasteiger partial charge in [0.25, 0.3) is 17.7 Å². The number of imide groups is 1. The van der Waals surface area contributed by atoms with Crippen molar-refractivity contribution in [2.45, 2.75) is 26.4 Å². The van der Waals surface area contributed by atoms with E-state index in [-0.39, 0.29) is 30.3 Å². The number of hydrogen-bond donors (Lipinski definition) is 0. The first-order valence-corrected chi connectivity index (χ1v) is 10.3. The Morgan fingerprint density at radius 1 is 0.969 bits per heavy atom. The summed E-state index contributed by atoms with van der Waals surface area (Å²) < 4.78 is 6.88. The highest BCUT2D eigenvalue weighted by Gasteiger charge is 2.35. The number of ether oxygens (including phenoxy) is 1. The van der Waals surface area contributed by atoms with E-state index in [1.807, 2.05) is 19.9 Å². The Labute approximate surface area is 185 Å². The lowest BCUT2D eigenvalue weighted by atomic mass is 10.1. The second kappa shape index (κ2) is 8.63. The number of hydrogen-bond acceptors (Lipinski definition) is 5. The molecule has 7 nitrogen and oxygen atoms in total. The Bertz CT molecular complexity index is 1260. The Morgan fingerprint density at radius 3 is 2.25 bits per heavy atom. The predicted octanol–water partition coefficient (Wildman–Crippen LogP) is 3.29. The maximum Gasteiger partial charge on any atom is 0.267 e. The highest BCUT2D eigenvalue weighted by Crippen LogP contribution is 2.26. The van der Waals surface area contributed by atoms with Crippen molar-refractivity contribution in [1.29, 1.82) is 0 Å². The molecule has 1 aliphatic rings. The number of carbonyl (C=O) groups is 3. The second-order valence-electron chi connectivity index (χ2n) is 7.73. The number of rotatable bonds is 5. The second-order valence-corrected chi connectivity index (χ2v) is 7.73. The number of benzene rings is 2. The molecule has 0 aliphatic carbocycles. The zero-order valence-corrected chi connectivity index (χ0v) is 18.1. The minimum Gasteiger partial charge on any atom is -0.496 e. The van der Waals surface area contributed by atoms with Crippen LogP contribution in [-0.4, -0.2) is 40.3 Å². The number of nitrogens with zero attached hydrogens (tertiary/aromatic N) is 3. The summed E-state index contributed by atoms with van der Waals surface area (Å²) in [7, 11) is 1.49. The van der Waals surface area contributed by atoms with E-state index in [2.05, 4.69) is 4.99 Å². The first-order valence-electron chi connectivity index (χ1n) is 10.3. The molecule has 0 bridgehead atoms. The number of methoxy groups -OCH3 is 1. The number of aromatic nitrogens is 1. The molecule has 3 aromatic rings. The number of pyridine rings is 1. The fraction of sp³-hybridized carbons (Fsp3) is 0.200. The van der Waals surface area contributed by atoms with Gasteiger partial charge in [0, 0.05) is 12.2 Å². The number of amides is 2. The molecule has 0 saturated heterocycles. The smallest absolute Gasteiger partial charge is 0.267 e. The molecule has 7 heteroatoms. The molecule has 0 saturated carbocycles. The van der Waals surface area contributed by atoms with Crippen molar-refractivity contribution >= 4 is 17.7 Å². The van der Waals surface area contributed by atoms with Crippen molar-refractivity contribution in [2.75, 3.05) is 7.11 Å². The standard InChI is InChI=1S/C25H23N3O4/c1-16(2)26-22-10-6-7-13-27(22)25(31)20-14-17(11-12-21(20)32-3)15-28-23(29)18-8-4-5-9-19(18)24(28)30/h4-14,16H,15H2,1-3H3.